The van der Waals surface area contributed by atoms with Crippen LogP contribution in [0.4, 0.5) is 8.78 Å². The van der Waals surface area contributed by atoms with Gasteiger partial charge in [-0.25, -0.2) is 13.8 Å². The Morgan fingerprint density at radius 2 is 1.97 bits per heavy atom. The smallest absolute Gasteiger partial charge is 0.305 e. The predicted molar refractivity (Wildman–Crippen MR) is 109 cm³/mol. The highest BCUT2D eigenvalue weighted by atomic mass is 32.2. The molecule has 1 saturated carbocycles. The molecule has 3 rings (SSSR count). The van der Waals surface area contributed by atoms with E-state index < -0.39 is 23.5 Å². The molecule has 1 aromatic carbocycles. The molecule has 4 nitrogen and oxygen atoms in total. The van der Waals surface area contributed by atoms with E-state index in [1.165, 1.54) is 32.1 Å². The van der Waals surface area contributed by atoms with E-state index in [9.17, 15) is 13.6 Å². The van der Waals surface area contributed by atoms with Gasteiger partial charge in [0.1, 0.15) is 5.03 Å². The van der Waals surface area contributed by atoms with Crippen LogP contribution in [0.15, 0.2) is 35.5 Å². The molecule has 0 aliphatic heterocycles. The number of hydrogen-bond donors (Lipinski definition) is 0. The van der Waals surface area contributed by atoms with Crippen molar-refractivity contribution in [1.29, 1.82) is 0 Å². The molecule has 0 spiro atoms. The van der Waals surface area contributed by atoms with Crippen molar-refractivity contribution in [2.24, 2.45) is 0 Å². The third kappa shape index (κ3) is 5.69. The van der Waals surface area contributed by atoms with E-state index in [0.29, 0.717) is 22.8 Å². The fraction of sp³-hybridized carbons (Fsp3) is 0.455. The van der Waals surface area contributed by atoms with E-state index in [1.54, 1.807) is 30.9 Å². The van der Waals surface area contributed by atoms with Crippen molar-refractivity contribution < 1.29 is 23.0 Å². The zero-order valence-electron chi connectivity index (χ0n) is 16.6. The monoisotopic (exact) mass is 421 g/mol. The van der Waals surface area contributed by atoms with E-state index >= 15 is 0 Å². The topological polar surface area (TPSA) is 48.4 Å². The fourth-order valence-corrected chi connectivity index (χ4v) is 4.70. The van der Waals surface area contributed by atoms with Gasteiger partial charge in [0.25, 0.3) is 0 Å². The standard InChI is InChI=1S/C22H25F2NO3S/c1-14(9-10-20(26)27-2)28-21-18(23)12-15(13-19(21)24)17-8-5-11-25-22(17)29-16-6-3-4-7-16/h5,8,11-14,16H,3-4,6-7,9-10H2,1-2H3/t14-/m1/s1. The van der Waals surface area contributed by atoms with Gasteiger partial charge in [-0.15, -0.1) is 11.8 Å². The van der Waals surface area contributed by atoms with Crippen LogP contribution < -0.4 is 4.74 Å². The summed E-state index contributed by atoms with van der Waals surface area (Å²) in [6.07, 6.45) is 6.30. The fourth-order valence-electron chi connectivity index (χ4n) is 3.38. The quantitative estimate of drug-likeness (QED) is 0.506. The number of aromatic nitrogens is 1. The molecule has 1 heterocycles. The van der Waals surface area contributed by atoms with Crippen molar-refractivity contribution in [3.05, 3.63) is 42.1 Å². The lowest BCUT2D eigenvalue weighted by molar-refractivity contribution is -0.141. The van der Waals surface area contributed by atoms with Gasteiger partial charge in [-0.05, 0) is 49.9 Å². The molecule has 156 valence electrons. The van der Waals surface area contributed by atoms with Crippen LogP contribution in [-0.2, 0) is 9.53 Å². The van der Waals surface area contributed by atoms with E-state index in [4.69, 9.17) is 4.74 Å². The summed E-state index contributed by atoms with van der Waals surface area (Å²) in [6, 6.07) is 6.16. The number of pyridine rings is 1. The molecule has 2 aromatic rings. The molecule has 29 heavy (non-hydrogen) atoms. The first-order valence-electron chi connectivity index (χ1n) is 9.82. The second-order valence-electron chi connectivity index (χ2n) is 7.19. The van der Waals surface area contributed by atoms with Gasteiger partial charge in [-0.3, -0.25) is 4.79 Å². The van der Waals surface area contributed by atoms with Gasteiger partial charge in [-0.2, -0.15) is 0 Å². The number of carbonyl (C=O) groups is 1. The normalized spacial score (nSPS) is 15.3. The SMILES string of the molecule is COC(=O)CC[C@@H](C)Oc1c(F)cc(-c2cccnc2SC2CCCC2)cc1F. The molecular weight excluding hydrogens is 396 g/mol. The number of rotatable bonds is 8. The number of carbonyl (C=O) groups excluding carboxylic acids is 1. The lowest BCUT2D eigenvalue weighted by atomic mass is 10.1. The zero-order valence-corrected chi connectivity index (χ0v) is 17.4. The first-order chi connectivity index (χ1) is 14.0. The zero-order chi connectivity index (χ0) is 20.8. The van der Waals surface area contributed by atoms with Crippen LogP contribution in [0, 0.1) is 11.6 Å². The lowest BCUT2D eigenvalue weighted by Crippen LogP contribution is -2.16. The molecule has 1 aliphatic carbocycles. The molecule has 1 fully saturated rings. The van der Waals surface area contributed by atoms with E-state index in [-0.39, 0.29) is 12.4 Å². The highest BCUT2D eigenvalue weighted by Crippen LogP contribution is 2.39. The maximum absolute atomic E-state index is 14.7. The Morgan fingerprint density at radius 1 is 1.28 bits per heavy atom. The molecule has 1 aliphatic rings. The molecule has 0 N–H and O–H groups in total. The van der Waals surface area contributed by atoms with Gasteiger partial charge in [0.2, 0.25) is 0 Å². The molecular formula is C22H25F2NO3S. The summed E-state index contributed by atoms with van der Waals surface area (Å²) < 4.78 is 39.3. The molecule has 0 amide bonds. The average Bonchev–Trinajstić information content (AvgIpc) is 3.22. The number of methoxy groups -OCH3 is 1. The van der Waals surface area contributed by atoms with Crippen LogP contribution in [0.25, 0.3) is 11.1 Å². The number of nitrogens with zero attached hydrogens (tertiary/aromatic N) is 1. The van der Waals surface area contributed by atoms with E-state index in [2.05, 4.69) is 9.72 Å². The molecule has 0 unspecified atom stereocenters. The number of halogens is 2. The predicted octanol–water partition coefficient (Wildman–Crippen LogP) is 5.78. The third-order valence-electron chi connectivity index (χ3n) is 4.96. The van der Waals surface area contributed by atoms with Gasteiger partial charge in [-0.1, -0.05) is 18.9 Å². The van der Waals surface area contributed by atoms with Gasteiger partial charge >= 0.3 is 5.97 Å². The van der Waals surface area contributed by atoms with Crippen molar-refractivity contribution in [2.45, 2.75) is 61.8 Å². The molecule has 0 saturated heterocycles. The second-order valence-corrected chi connectivity index (χ2v) is 8.48. The summed E-state index contributed by atoms with van der Waals surface area (Å²) >= 11 is 1.68. The largest absolute Gasteiger partial charge is 0.485 e. The highest BCUT2D eigenvalue weighted by Gasteiger charge is 2.21. The molecule has 0 bridgehead atoms. The van der Waals surface area contributed by atoms with Crippen molar-refractivity contribution >= 4 is 17.7 Å². The van der Waals surface area contributed by atoms with Crippen molar-refractivity contribution in [3.63, 3.8) is 0 Å². The van der Waals surface area contributed by atoms with Crippen LogP contribution in [0.3, 0.4) is 0 Å². The number of hydrogen-bond acceptors (Lipinski definition) is 5. The summed E-state index contributed by atoms with van der Waals surface area (Å²) in [5, 5.41) is 1.29. The summed E-state index contributed by atoms with van der Waals surface area (Å²) in [5.74, 6) is -2.36. The maximum atomic E-state index is 14.7. The Labute approximate surface area is 174 Å². The third-order valence-corrected chi connectivity index (χ3v) is 6.32. The summed E-state index contributed by atoms with van der Waals surface area (Å²) in [4.78, 5) is 15.7. The van der Waals surface area contributed by atoms with E-state index in [1.807, 2.05) is 6.07 Å². The Kier molecular flexibility index (Phi) is 7.47. The Balaban J connectivity index is 1.78. The second kappa shape index (κ2) is 10.1. The van der Waals surface area contributed by atoms with Crippen molar-refractivity contribution in [1.82, 2.24) is 4.98 Å². The van der Waals surface area contributed by atoms with Crippen LogP contribution in [-0.4, -0.2) is 29.4 Å². The van der Waals surface area contributed by atoms with Crippen LogP contribution in [0.5, 0.6) is 5.75 Å². The molecule has 7 heteroatoms. The Hall–Kier alpha value is -2.15. The minimum absolute atomic E-state index is 0.121. The Bertz CT molecular complexity index is 833. The first kappa shape index (κ1) is 21.6. The summed E-state index contributed by atoms with van der Waals surface area (Å²) in [7, 11) is 1.30. The number of benzene rings is 1. The summed E-state index contributed by atoms with van der Waals surface area (Å²) in [5.41, 5.74) is 1.15. The summed E-state index contributed by atoms with van der Waals surface area (Å²) in [6.45, 7) is 1.66. The van der Waals surface area contributed by atoms with Gasteiger partial charge in [0, 0.05) is 23.4 Å². The maximum Gasteiger partial charge on any atom is 0.305 e. The van der Waals surface area contributed by atoms with Crippen LogP contribution >= 0.6 is 11.8 Å². The highest BCUT2D eigenvalue weighted by molar-refractivity contribution is 8.00. The molecule has 1 atom stereocenters. The minimum atomic E-state index is -0.773. The Morgan fingerprint density at radius 3 is 2.62 bits per heavy atom. The number of ether oxygens (including phenoxy) is 2. The average molecular weight is 422 g/mol. The number of esters is 1. The first-order valence-corrected chi connectivity index (χ1v) is 10.7. The number of thioether (sulfide) groups is 1. The molecule has 1 aromatic heterocycles. The molecule has 0 radical (unpaired) electrons. The minimum Gasteiger partial charge on any atom is -0.485 e. The van der Waals surface area contributed by atoms with Crippen molar-refractivity contribution in [2.75, 3.05) is 7.11 Å². The van der Waals surface area contributed by atoms with Gasteiger partial charge in [0.05, 0.1) is 13.2 Å². The van der Waals surface area contributed by atoms with Crippen molar-refractivity contribution in [3.8, 4) is 16.9 Å². The van der Waals surface area contributed by atoms with E-state index in [0.717, 1.165) is 17.9 Å². The van der Waals surface area contributed by atoms with Gasteiger partial charge in [0.15, 0.2) is 17.4 Å². The lowest BCUT2D eigenvalue weighted by Gasteiger charge is -2.17. The van der Waals surface area contributed by atoms with Crippen LogP contribution in [0.1, 0.15) is 45.4 Å². The van der Waals surface area contributed by atoms with Gasteiger partial charge < -0.3 is 9.47 Å². The van der Waals surface area contributed by atoms with Crippen LogP contribution in [0.2, 0.25) is 0 Å².